The van der Waals surface area contributed by atoms with Crippen LogP contribution in [0.15, 0.2) is 48.5 Å². The maximum Gasteiger partial charge on any atom is 0.407 e. The number of fused-ring (bicyclic) bond motifs is 3. The van der Waals surface area contributed by atoms with Gasteiger partial charge >= 0.3 is 12.1 Å². The summed E-state index contributed by atoms with van der Waals surface area (Å²) in [6.45, 7) is 8.01. The zero-order valence-electron chi connectivity index (χ0n) is 20.1. The number of hydrogen-bond donors (Lipinski definition) is 2. The Kier molecular flexibility index (Phi) is 6.39. The van der Waals surface area contributed by atoms with Gasteiger partial charge in [-0.05, 0) is 34.6 Å². The molecule has 2 amide bonds. The average molecular weight is 465 g/mol. The van der Waals surface area contributed by atoms with Crippen LogP contribution in [0, 0.1) is 17.3 Å². The maximum absolute atomic E-state index is 13.0. The largest absolute Gasteiger partial charge is 0.481 e. The summed E-state index contributed by atoms with van der Waals surface area (Å²) in [6.07, 6.45) is -0.570. The Labute approximate surface area is 200 Å². The molecule has 3 atom stereocenters. The molecule has 0 bridgehead atoms. The molecule has 7 nitrogen and oxygen atoms in total. The summed E-state index contributed by atoms with van der Waals surface area (Å²) in [5, 5.41) is 12.3. The predicted octanol–water partition coefficient (Wildman–Crippen LogP) is 4.12. The fourth-order valence-corrected chi connectivity index (χ4v) is 5.17. The summed E-state index contributed by atoms with van der Waals surface area (Å²) < 4.78 is 5.59. The monoisotopic (exact) mass is 464 g/mol. The van der Waals surface area contributed by atoms with Crippen LogP contribution in [0.3, 0.4) is 0 Å². The van der Waals surface area contributed by atoms with Gasteiger partial charge in [0.2, 0.25) is 5.91 Å². The molecule has 0 saturated carbocycles. The van der Waals surface area contributed by atoms with Crippen LogP contribution in [0.2, 0.25) is 0 Å². The Hall–Kier alpha value is -3.35. The first-order valence-corrected chi connectivity index (χ1v) is 11.7. The van der Waals surface area contributed by atoms with E-state index in [4.69, 9.17) is 4.74 Å². The summed E-state index contributed by atoms with van der Waals surface area (Å²) in [4.78, 5) is 38.8. The third-order valence-electron chi connectivity index (χ3n) is 7.38. The molecule has 1 fully saturated rings. The third-order valence-corrected chi connectivity index (χ3v) is 7.38. The molecule has 2 aliphatic rings. The van der Waals surface area contributed by atoms with Gasteiger partial charge in [0.1, 0.15) is 6.61 Å². The number of aliphatic carboxylic acids is 1. The number of ether oxygens (including phenoxy) is 1. The lowest BCUT2D eigenvalue weighted by Gasteiger charge is -2.26. The first-order chi connectivity index (χ1) is 16.1. The molecule has 1 saturated heterocycles. The number of benzene rings is 2. The molecule has 1 aliphatic carbocycles. The van der Waals surface area contributed by atoms with Crippen molar-refractivity contribution >= 4 is 18.0 Å². The highest BCUT2D eigenvalue weighted by Crippen LogP contribution is 2.44. The van der Waals surface area contributed by atoms with E-state index in [1.807, 2.05) is 38.1 Å². The Morgan fingerprint density at radius 2 is 1.62 bits per heavy atom. The molecule has 2 aromatic rings. The number of likely N-dealkylation sites (tertiary alicyclic amines) is 1. The molecule has 34 heavy (non-hydrogen) atoms. The molecule has 180 valence electrons. The maximum atomic E-state index is 13.0. The number of nitrogens with one attached hydrogen (secondary N) is 1. The highest BCUT2D eigenvalue weighted by molar-refractivity contribution is 5.82. The number of nitrogens with zero attached hydrogens (tertiary/aromatic N) is 1. The first kappa shape index (κ1) is 23.8. The van der Waals surface area contributed by atoms with Crippen LogP contribution in [-0.4, -0.2) is 53.7 Å². The van der Waals surface area contributed by atoms with Gasteiger partial charge < -0.3 is 20.1 Å². The smallest absolute Gasteiger partial charge is 0.407 e. The summed E-state index contributed by atoms with van der Waals surface area (Å²) in [7, 11) is 0. The van der Waals surface area contributed by atoms with Crippen molar-refractivity contribution in [3.05, 3.63) is 59.7 Å². The van der Waals surface area contributed by atoms with Crippen LogP contribution < -0.4 is 5.32 Å². The Morgan fingerprint density at radius 3 is 2.15 bits per heavy atom. The van der Waals surface area contributed by atoms with Gasteiger partial charge in [-0.15, -0.1) is 0 Å². The molecule has 1 heterocycles. The van der Waals surface area contributed by atoms with Crippen molar-refractivity contribution in [1.82, 2.24) is 10.2 Å². The van der Waals surface area contributed by atoms with Crippen molar-refractivity contribution in [2.45, 2.75) is 39.7 Å². The highest BCUT2D eigenvalue weighted by atomic mass is 16.5. The van der Waals surface area contributed by atoms with Crippen molar-refractivity contribution < 1.29 is 24.2 Å². The van der Waals surface area contributed by atoms with Crippen LogP contribution in [0.5, 0.6) is 0 Å². The lowest BCUT2D eigenvalue weighted by atomic mass is 9.82. The summed E-state index contributed by atoms with van der Waals surface area (Å²) in [5.74, 6) is -2.20. The SMILES string of the molecule is CC(NC(=O)OCC1c2ccccc2-c2ccccc21)C(C)C(=O)N1CC(C(=O)O)C(C)(C)C1. The molecule has 4 rings (SSSR count). The van der Waals surface area contributed by atoms with E-state index in [1.165, 1.54) is 0 Å². The number of alkyl carbamates (subject to hydrolysis) is 1. The van der Waals surface area contributed by atoms with Crippen molar-refractivity contribution in [2.24, 2.45) is 17.3 Å². The number of amides is 2. The van der Waals surface area contributed by atoms with E-state index in [2.05, 4.69) is 29.6 Å². The van der Waals surface area contributed by atoms with Gasteiger partial charge in [0.15, 0.2) is 0 Å². The summed E-state index contributed by atoms with van der Waals surface area (Å²) >= 11 is 0. The van der Waals surface area contributed by atoms with Gasteiger partial charge in [-0.2, -0.15) is 0 Å². The number of carbonyl (C=O) groups is 3. The number of carbonyl (C=O) groups excluding carboxylic acids is 2. The molecule has 0 spiro atoms. The van der Waals surface area contributed by atoms with Gasteiger partial charge in [-0.1, -0.05) is 69.3 Å². The minimum Gasteiger partial charge on any atom is -0.481 e. The third kappa shape index (κ3) is 4.39. The summed E-state index contributed by atoms with van der Waals surface area (Å²) in [6, 6.07) is 15.8. The molecule has 2 N–H and O–H groups in total. The van der Waals surface area contributed by atoms with E-state index >= 15 is 0 Å². The van der Waals surface area contributed by atoms with E-state index in [1.54, 1.807) is 18.7 Å². The molecule has 0 radical (unpaired) electrons. The first-order valence-electron chi connectivity index (χ1n) is 11.7. The zero-order valence-corrected chi connectivity index (χ0v) is 20.1. The summed E-state index contributed by atoms with van der Waals surface area (Å²) in [5.41, 5.74) is 4.10. The predicted molar refractivity (Wildman–Crippen MR) is 128 cm³/mol. The van der Waals surface area contributed by atoms with Gasteiger partial charge in [-0.3, -0.25) is 9.59 Å². The van der Waals surface area contributed by atoms with Gasteiger partial charge in [-0.25, -0.2) is 4.79 Å². The van der Waals surface area contributed by atoms with Crippen molar-refractivity contribution in [2.75, 3.05) is 19.7 Å². The lowest BCUT2D eigenvalue weighted by Crippen LogP contribution is -2.45. The number of rotatable bonds is 6. The van der Waals surface area contributed by atoms with Crippen molar-refractivity contribution in [3.8, 4) is 11.1 Å². The lowest BCUT2D eigenvalue weighted by molar-refractivity contribution is -0.144. The van der Waals surface area contributed by atoms with Gasteiger partial charge in [0, 0.05) is 25.0 Å². The molecule has 7 heteroatoms. The fourth-order valence-electron chi connectivity index (χ4n) is 5.17. The Morgan fingerprint density at radius 1 is 1.06 bits per heavy atom. The Balaban J connectivity index is 1.35. The number of hydrogen-bond acceptors (Lipinski definition) is 4. The van der Waals surface area contributed by atoms with Crippen molar-refractivity contribution in [1.29, 1.82) is 0 Å². The van der Waals surface area contributed by atoms with E-state index in [-0.39, 0.29) is 25.0 Å². The van der Waals surface area contributed by atoms with Crippen LogP contribution in [0.25, 0.3) is 11.1 Å². The molecule has 3 unspecified atom stereocenters. The standard InChI is InChI=1S/C27H32N2O5/c1-16(24(30)29-13-23(25(31)32)27(3,4)15-29)17(2)28-26(33)34-14-22-20-11-7-5-9-18(20)19-10-6-8-12-21(19)22/h5-12,16-17,22-23H,13-15H2,1-4H3,(H,28,33)(H,31,32). The molecule has 1 aliphatic heterocycles. The normalized spacial score (nSPS) is 20.2. The Bertz CT molecular complexity index is 1070. The van der Waals surface area contributed by atoms with E-state index in [0.29, 0.717) is 6.54 Å². The second kappa shape index (κ2) is 9.12. The molecule has 0 aromatic heterocycles. The van der Waals surface area contributed by atoms with Crippen LogP contribution >= 0.6 is 0 Å². The average Bonchev–Trinajstić information content (AvgIpc) is 3.30. The van der Waals surface area contributed by atoms with Crippen LogP contribution in [-0.2, 0) is 14.3 Å². The van der Waals surface area contributed by atoms with E-state index in [9.17, 15) is 19.5 Å². The van der Waals surface area contributed by atoms with Gasteiger partial charge in [0.05, 0.1) is 11.8 Å². The second-order valence-corrected chi connectivity index (χ2v) is 10.1. The second-order valence-electron chi connectivity index (χ2n) is 10.1. The topological polar surface area (TPSA) is 95.9 Å². The fraction of sp³-hybridized carbons (Fsp3) is 0.444. The minimum absolute atomic E-state index is 0.0349. The molecular formula is C27H32N2O5. The quantitative estimate of drug-likeness (QED) is 0.671. The van der Waals surface area contributed by atoms with Crippen LogP contribution in [0.4, 0.5) is 4.79 Å². The minimum atomic E-state index is -0.891. The van der Waals surface area contributed by atoms with Crippen molar-refractivity contribution in [3.63, 3.8) is 0 Å². The van der Waals surface area contributed by atoms with E-state index < -0.39 is 35.4 Å². The number of carboxylic acids is 1. The highest BCUT2D eigenvalue weighted by Gasteiger charge is 2.46. The zero-order chi connectivity index (χ0) is 24.6. The van der Waals surface area contributed by atoms with E-state index in [0.717, 1.165) is 22.3 Å². The molecular weight excluding hydrogens is 432 g/mol. The number of carboxylic acid groups (broad SMARTS) is 1. The van der Waals surface area contributed by atoms with Crippen LogP contribution in [0.1, 0.15) is 44.7 Å². The molecule has 2 aromatic carbocycles. The van der Waals surface area contributed by atoms with Gasteiger partial charge in [0.25, 0.3) is 0 Å².